The molecule has 2 aliphatic heterocycles. The van der Waals surface area contributed by atoms with E-state index in [0.29, 0.717) is 0 Å². The average molecular weight is 520 g/mol. The number of hydrogen-bond acceptors (Lipinski definition) is 4. The summed E-state index contributed by atoms with van der Waals surface area (Å²) >= 11 is 11.4. The Hall–Kier alpha value is -2.43. The summed E-state index contributed by atoms with van der Waals surface area (Å²) in [5, 5.41) is -1.18. The van der Waals surface area contributed by atoms with E-state index in [9.17, 15) is 22.4 Å². The third-order valence-corrected chi connectivity index (χ3v) is 6.71. The monoisotopic (exact) mass is 519 g/mol. The molecule has 0 bridgehead atoms. The standard InChI is InChI=1S/C22H16Cl2F5N3O2/c23-14-5-13(6-15(24)18(14)25)21(22(27,28)29)7-16(31-34-21)12-3-4-17(30-8-12)20(26)9-32(10-20)19(33)11-1-2-11/h3-8,11,31H,1-2,9-10H2. The number of alkyl halides is 4. The molecule has 2 fully saturated rings. The molecular weight excluding hydrogens is 504 g/mol. The molecule has 1 saturated heterocycles. The van der Waals surface area contributed by atoms with Gasteiger partial charge in [-0.05, 0) is 43.2 Å². The van der Waals surface area contributed by atoms with E-state index in [4.69, 9.17) is 28.0 Å². The zero-order valence-electron chi connectivity index (χ0n) is 17.2. The number of pyridine rings is 1. The van der Waals surface area contributed by atoms with Crippen molar-refractivity contribution >= 4 is 34.8 Å². The van der Waals surface area contributed by atoms with Crippen LogP contribution in [0.15, 0.2) is 36.5 Å². The first-order chi connectivity index (χ1) is 15.9. The highest BCUT2D eigenvalue weighted by Crippen LogP contribution is 2.49. The van der Waals surface area contributed by atoms with E-state index in [2.05, 4.69) is 10.5 Å². The number of rotatable bonds is 4. The van der Waals surface area contributed by atoms with Crippen LogP contribution in [0.25, 0.3) is 5.70 Å². The van der Waals surface area contributed by atoms with Crippen LogP contribution in [0.4, 0.5) is 22.0 Å². The summed E-state index contributed by atoms with van der Waals surface area (Å²) in [5.74, 6) is -1.13. The van der Waals surface area contributed by atoms with E-state index in [0.717, 1.165) is 31.1 Å². The molecule has 0 radical (unpaired) electrons. The summed E-state index contributed by atoms with van der Waals surface area (Å²) in [6, 6.07) is 4.33. The van der Waals surface area contributed by atoms with Crippen molar-refractivity contribution in [3.8, 4) is 0 Å². The summed E-state index contributed by atoms with van der Waals surface area (Å²) in [4.78, 5) is 22.5. The molecule has 1 aromatic heterocycles. The molecule has 1 N–H and O–H groups in total. The molecule has 1 atom stereocenters. The predicted octanol–water partition coefficient (Wildman–Crippen LogP) is 5.28. The Morgan fingerprint density at radius 1 is 1.18 bits per heavy atom. The molecule has 5 rings (SSSR count). The maximum absolute atomic E-state index is 15.1. The Morgan fingerprint density at radius 2 is 1.82 bits per heavy atom. The molecule has 3 heterocycles. The number of likely N-dealkylation sites (tertiary alicyclic amines) is 1. The molecule has 180 valence electrons. The molecule has 1 amide bonds. The van der Waals surface area contributed by atoms with Gasteiger partial charge in [-0.3, -0.25) is 20.1 Å². The molecule has 12 heteroatoms. The van der Waals surface area contributed by atoms with Gasteiger partial charge < -0.3 is 4.90 Å². The number of carbonyl (C=O) groups excluding carboxylic acids is 1. The van der Waals surface area contributed by atoms with E-state index in [1.54, 1.807) is 0 Å². The highest BCUT2D eigenvalue weighted by molar-refractivity contribution is 6.35. The Bertz CT molecular complexity index is 1170. The number of amides is 1. The van der Waals surface area contributed by atoms with Crippen LogP contribution in [0, 0.1) is 11.7 Å². The minimum absolute atomic E-state index is 0.0139. The van der Waals surface area contributed by atoms with E-state index in [1.807, 2.05) is 0 Å². The molecular formula is C22H16Cl2F5N3O2. The summed E-state index contributed by atoms with van der Waals surface area (Å²) in [6.07, 6.45) is -1.36. The van der Waals surface area contributed by atoms with Crippen LogP contribution in [-0.2, 0) is 20.9 Å². The Kier molecular flexibility index (Phi) is 5.34. The first-order valence-electron chi connectivity index (χ1n) is 10.3. The van der Waals surface area contributed by atoms with Crippen LogP contribution in [0.2, 0.25) is 10.0 Å². The lowest BCUT2D eigenvalue weighted by molar-refractivity contribution is -0.269. The van der Waals surface area contributed by atoms with E-state index in [1.165, 1.54) is 23.2 Å². The van der Waals surface area contributed by atoms with Crippen LogP contribution in [0.5, 0.6) is 0 Å². The molecule has 1 aromatic carbocycles. The Labute approximate surface area is 200 Å². The highest BCUT2D eigenvalue weighted by atomic mass is 35.5. The molecule has 34 heavy (non-hydrogen) atoms. The average Bonchev–Trinajstić information content (AvgIpc) is 3.51. The summed E-state index contributed by atoms with van der Waals surface area (Å²) < 4.78 is 71.2. The van der Waals surface area contributed by atoms with Gasteiger partial charge in [0.1, 0.15) is 0 Å². The van der Waals surface area contributed by atoms with E-state index < -0.39 is 38.9 Å². The highest BCUT2D eigenvalue weighted by Gasteiger charge is 2.60. The van der Waals surface area contributed by atoms with Gasteiger partial charge in [0, 0.05) is 23.2 Å². The first kappa shape index (κ1) is 23.3. The molecule has 2 aromatic rings. The number of hydroxylamine groups is 1. The second kappa shape index (κ2) is 7.79. The zero-order valence-corrected chi connectivity index (χ0v) is 18.7. The van der Waals surface area contributed by atoms with Gasteiger partial charge in [0.2, 0.25) is 11.5 Å². The molecule has 1 aliphatic carbocycles. The van der Waals surface area contributed by atoms with Crippen LogP contribution in [-0.4, -0.2) is 35.1 Å². The summed E-state index contributed by atoms with van der Waals surface area (Å²) in [5.41, 5.74) is -2.92. The normalized spacial score (nSPS) is 23.9. The number of hydrogen-bond donors (Lipinski definition) is 1. The topological polar surface area (TPSA) is 54.5 Å². The minimum Gasteiger partial charge on any atom is -0.335 e. The van der Waals surface area contributed by atoms with Crippen molar-refractivity contribution in [2.24, 2.45) is 5.92 Å². The van der Waals surface area contributed by atoms with Gasteiger partial charge in [-0.1, -0.05) is 23.2 Å². The first-order valence-corrected chi connectivity index (χ1v) is 11.0. The fourth-order valence-electron chi connectivity index (χ4n) is 4.04. The number of carbonyl (C=O) groups is 1. The number of benzene rings is 1. The van der Waals surface area contributed by atoms with Crippen molar-refractivity contribution < 1.29 is 31.6 Å². The van der Waals surface area contributed by atoms with Crippen LogP contribution in [0.1, 0.15) is 29.7 Å². The van der Waals surface area contributed by atoms with Crippen molar-refractivity contribution in [2.45, 2.75) is 30.3 Å². The molecule has 5 nitrogen and oxygen atoms in total. The van der Waals surface area contributed by atoms with Crippen molar-refractivity contribution in [3.63, 3.8) is 0 Å². The number of nitrogens with one attached hydrogen (secondary N) is 1. The quantitative estimate of drug-likeness (QED) is 0.441. The summed E-state index contributed by atoms with van der Waals surface area (Å²) in [6.45, 7) is -0.218. The van der Waals surface area contributed by atoms with Gasteiger partial charge >= 0.3 is 6.18 Å². The van der Waals surface area contributed by atoms with Crippen molar-refractivity contribution in [1.29, 1.82) is 0 Å². The maximum atomic E-state index is 15.1. The lowest BCUT2D eigenvalue weighted by atomic mass is 9.90. The third-order valence-electron chi connectivity index (χ3n) is 6.16. The van der Waals surface area contributed by atoms with E-state index in [-0.39, 0.29) is 41.9 Å². The molecule has 3 aliphatic rings. The maximum Gasteiger partial charge on any atom is 0.428 e. The van der Waals surface area contributed by atoms with E-state index >= 15 is 4.39 Å². The van der Waals surface area contributed by atoms with Gasteiger partial charge in [0.15, 0.2) is 11.5 Å². The number of halogens is 7. The van der Waals surface area contributed by atoms with Crippen LogP contribution < -0.4 is 5.48 Å². The second-order valence-corrected chi connectivity index (χ2v) is 9.43. The van der Waals surface area contributed by atoms with Crippen molar-refractivity contribution in [3.05, 3.63) is 69.2 Å². The fourth-order valence-corrected chi connectivity index (χ4v) is 4.53. The van der Waals surface area contributed by atoms with Crippen LogP contribution in [0.3, 0.4) is 0 Å². The lowest BCUT2D eigenvalue weighted by Crippen LogP contribution is -2.59. The minimum atomic E-state index is -4.97. The zero-order chi connectivity index (χ0) is 24.5. The molecule has 1 saturated carbocycles. The SMILES string of the molecule is O=C(C1CC1)N1CC(F)(c2ccc(C3=CC(c4cc(Cl)c(F)c(Cl)c4)(C(F)(F)F)ON3)cn2)C1. The van der Waals surface area contributed by atoms with Gasteiger partial charge in [-0.25, -0.2) is 8.78 Å². The number of nitrogens with zero attached hydrogens (tertiary/aromatic N) is 2. The second-order valence-electron chi connectivity index (χ2n) is 8.62. The molecule has 0 spiro atoms. The third kappa shape index (κ3) is 3.72. The Morgan fingerprint density at radius 3 is 2.35 bits per heavy atom. The largest absolute Gasteiger partial charge is 0.428 e. The van der Waals surface area contributed by atoms with Gasteiger partial charge in [0.05, 0.1) is 34.5 Å². The molecule has 1 unspecified atom stereocenters. The smallest absolute Gasteiger partial charge is 0.335 e. The van der Waals surface area contributed by atoms with Crippen molar-refractivity contribution in [2.75, 3.05) is 13.1 Å². The fraction of sp³-hybridized carbons (Fsp3) is 0.364. The van der Waals surface area contributed by atoms with Crippen LogP contribution >= 0.6 is 23.2 Å². The van der Waals surface area contributed by atoms with Gasteiger partial charge in [0.25, 0.3) is 0 Å². The van der Waals surface area contributed by atoms with Gasteiger partial charge in [-0.15, -0.1) is 0 Å². The number of aromatic nitrogens is 1. The van der Waals surface area contributed by atoms with Gasteiger partial charge in [-0.2, -0.15) is 13.2 Å². The van der Waals surface area contributed by atoms with Crippen molar-refractivity contribution in [1.82, 2.24) is 15.4 Å². The predicted molar refractivity (Wildman–Crippen MR) is 113 cm³/mol. The lowest BCUT2D eigenvalue weighted by Gasteiger charge is -2.44. The summed E-state index contributed by atoms with van der Waals surface area (Å²) in [7, 11) is 0. The Balaban J connectivity index is 1.41.